The van der Waals surface area contributed by atoms with Crippen molar-refractivity contribution in [1.29, 1.82) is 0 Å². The topological polar surface area (TPSA) is 69.2 Å². The number of ether oxygens (including phenoxy) is 1. The smallest absolute Gasteiger partial charge is 0.243 e. The van der Waals surface area contributed by atoms with Crippen LogP contribution in [0, 0.1) is 6.92 Å². The normalized spacial score (nSPS) is 24.0. The van der Waals surface area contributed by atoms with Crippen molar-refractivity contribution >= 4 is 0 Å². The number of hydrogen-bond donors (Lipinski definition) is 0. The molecule has 4 rings (SSSR count). The van der Waals surface area contributed by atoms with Crippen LogP contribution in [0.2, 0.25) is 0 Å². The van der Waals surface area contributed by atoms with Gasteiger partial charge in [-0.05, 0) is 32.3 Å². The molecule has 23 heavy (non-hydrogen) atoms. The lowest BCUT2D eigenvalue weighted by molar-refractivity contribution is -0.0532. The first-order valence-corrected chi connectivity index (χ1v) is 8.37. The SMILES string of the molecule is Cc1cnn(C[C@H]2CN([C@H](C)c3nc(C4CC4)no3)CCO2)c1. The average Bonchev–Trinajstić information content (AvgIpc) is 3.15. The largest absolute Gasteiger partial charge is 0.374 e. The molecule has 2 fully saturated rings. The predicted molar refractivity (Wildman–Crippen MR) is 83.0 cm³/mol. The van der Waals surface area contributed by atoms with E-state index in [9.17, 15) is 0 Å². The molecule has 1 saturated carbocycles. The second-order valence-electron chi connectivity index (χ2n) is 6.67. The molecule has 2 aromatic heterocycles. The van der Waals surface area contributed by atoms with E-state index in [2.05, 4.69) is 27.1 Å². The summed E-state index contributed by atoms with van der Waals surface area (Å²) in [5.41, 5.74) is 1.17. The second kappa shape index (κ2) is 6.05. The first kappa shape index (κ1) is 14.8. The maximum Gasteiger partial charge on any atom is 0.243 e. The molecule has 2 aromatic rings. The fourth-order valence-electron chi connectivity index (χ4n) is 3.06. The number of morpholine rings is 1. The summed E-state index contributed by atoms with van der Waals surface area (Å²) in [6.45, 7) is 7.41. The third kappa shape index (κ3) is 3.30. The maximum absolute atomic E-state index is 5.89. The zero-order chi connectivity index (χ0) is 15.8. The van der Waals surface area contributed by atoms with Crippen LogP contribution in [0.5, 0.6) is 0 Å². The van der Waals surface area contributed by atoms with Crippen LogP contribution in [0.1, 0.15) is 49.0 Å². The standard InChI is InChI=1S/C16H23N5O2/c1-11-7-17-21(8-11)10-14-9-20(5-6-22-14)12(2)16-18-15(19-23-16)13-3-4-13/h7-8,12-14H,3-6,9-10H2,1-2H3/t12-,14-/m1/s1. The molecule has 0 spiro atoms. The first-order valence-electron chi connectivity index (χ1n) is 8.37. The van der Waals surface area contributed by atoms with Crippen molar-refractivity contribution in [3.63, 3.8) is 0 Å². The van der Waals surface area contributed by atoms with Crippen molar-refractivity contribution in [3.05, 3.63) is 29.7 Å². The van der Waals surface area contributed by atoms with Gasteiger partial charge in [-0.2, -0.15) is 10.1 Å². The lowest BCUT2D eigenvalue weighted by atomic mass is 10.2. The Morgan fingerprint density at radius 1 is 1.39 bits per heavy atom. The summed E-state index contributed by atoms with van der Waals surface area (Å²) in [6, 6.07) is 0.126. The Bertz CT molecular complexity index is 663. The van der Waals surface area contributed by atoms with Gasteiger partial charge in [-0.25, -0.2) is 0 Å². The van der Waals surface area contributed by atoms with Crippen LogP contribution in [0.4, 0.5) is 0 Å². The fourth-order valence-corrected chi connectivity index (χ4v) is 3.06. The van der Waals surface area contributed by atoms with Gasteiger partial charge < -0.3 is 9.26 Å². The minimum atomic E-state index is 0.126. The minimum absolute atomic E-state index is 0.126. The third-order valence-corrected chi connectivity index (χ3v) is 4.63. The highest BCUT2D eigenvalue weighted by atomic mass is 16.5. The van der Waals surface area contributed by atoms with Crippen LogP contribution in [-0.4, -0.2) is 50.6 Å². The van der Waals surface area contributed by atoms with Gasteiger partial charge in [-0.3, -0.25) is 9.58 Å². The second-order valence-corrected chi connectivity index (χ2v) is 6.67. The Morgan fingerprint density at radius 2 is 2.26 bits per heavy atom. The van der Waals surface area contributed by atoms with Gasteiger partial charge in [0.25, 0.3) is 0 Å². The van der Waals surface area contributed by atoms with Crippen LogP contribution in [0.25, 0.3) is 0 Å². The quantitative estimate of drug-likeness (QED) is 0.839. The van der Waals surface area contributed by atoms with Gasteiger partial charge in [0.15, 0.2) is 5.82 Å². The maximum atomic E-state index is 5.89. The van der Waals surface area contributed by atoms with Gasteiger partial charge in [0, 0.05) is 25.2 Å². The van der Waals surface area contributed by atoms with Crippen LogP contribution in [-0.2, 0) is 11.3 Å². The van der Waals surface area contributed by atoms with Crippen molar-refractivity contribution in [2.45, 2.75) is 51.3 Å². The van der Waals surface area contributed by atoms with E-state index in [4.69, 9.17) is 9.26 Å². The highest BCUT2D eigenvalue weighted by Crippen LogP contribution is 2.38. The molecule has 0 aromatic carbocycles. The number of hydrogen-bond acceptors (Lipinski definition) is 6. The monoisotopic (exact) mass is 317 g/mol. The molecule has 0 N–H and O–H groups in total. The van der Waals surface area contributed by atoms with E-state index in [1.54, 1.807) is 0 Å². The fraction of sp³-hybridized carbons (Fsp3) is 0.688. The summed E-state index contributed by atoms with van der Waals surface area (Å²) < 4.78 is 13.3. The molecule has 7 nitrogen and oxygen atoms in total. The van der Waals surface area contributed by atoms with E-state index >= 15 is 0 Å². The Morgan fingerprint density at radius 3 is 3.00 bits per heavy atom. The van der Waals surface area contributed by atoms with Crippen LogP contribution in [0.15, 0.2) is 16.9 Å². The van der Waals surface area contributed by atoms with E-state index in [-0.39, 0.29) is 12.1 Å². The Kier molecular flexibility index (Phi) is 3.90. The molecule has 0 bridgehead atoms. The molecule has 0 unspecified atom stereocenters. The summed E-state index contributed by atoms with van der Waals surface area (Å²) in [5.74, 6) is 2.13. The predicted octanol–water partition coefficient (Wildman–Crippen LogP) is 1.91. The van der Waals surface area contributed by atoms with Crippen LogP contribution >= 0.6 is 0 Å². The van der Waals surface area contributed by atoms with E-state index in [0.717, 1.165) is 38.0 Å². The number of aromatic nitrogens is 4. The van der Waals surface area contributed by atoms with Gasteiger partial charge in [0.2, 0.25) is 5.89 Å². The van der Waals surface area contributed by atoms with Crippen molar-refractivity contribution in [2.24, 2.45) is 0 Å². The van der Waals surface area contributed by atoms with Crippen LogP contribution in [0.3, 0.4) is 0 Å². The van der Waals surface area contributed by atoms with E-state index < -0.39 is 0 Å². The number of nitrogens with zero attached hydrogens (tertiary/aromatic N) is 5. The average molecular weight is 317 g/mol. The van der Waals surface area contributed by atoms with Gasteiger partial charge in [-0.15, -0.1) is 0 Å². The third-order valence-electron chi connectivity index (χ3n) is 4.63. The Balaban J connectivity index is 1.39. The Labute approximate surface area is 135 Å². The molecule has 1 aliphatic carbocycles. The molecule has 2 aliphatic rings. The summed E-state index contributed by atoms with van der Waals surface area (Å²) >= 11 is 0. The summed E-state index contributed by atoms with van der Waals surface area (Å²) in [4.78, 5) is 6.94. The highest BCUT2D eigenvalue weighted by Gasteiger charge is 2.32. The molecule has 0 radical (unpaired) electrons. The van der Waals surface area contributed by atoms with Gasteiger partial charge in [0.05, 0.1) is 31.5 Å². The minimum Gasteiger partial charge on any atom is -0.374 e. The molecule has 3 heterocycles. The van der Waals surface area contributed by atoms with Crippen molar-refractivity contribution in [1.82, 2.24) is 24.8 Å². The molecule has 124 valence electrons. The summed E-state index contributed by atoms with van der Waals surface area (Å²) in [5, 5.41) is 8.47. The molecular formula is C16H23N5O2. The molecule has 7 heteroatoms. The van der Waals surface area contributed by atoms with E-state index in [1.165, 1.54) is 18.4 Å². The lowest BCUT2D eigenvalue weighted by Crippen LogP contribution is -2.45. The zero-order valence-corrected chi connectivity index (χ0v) is 13.7. The molecule has 1 saturated heterocycles. The summed E-state index contributed by atoms with van der Waals surface area (Å²) in [7, 11) is 0. The molecular weight excluding hydrogens is 294 g/mol. The van der Waals surface area contributed by atoms with Gasteiger partial charge in [0.1, 0.15) is 0 Å². The summed E-state index contributed by atoms with van der Waals surface area (Å²) in [6.07, 6.45) is 6.44. The van der Waals surface area contributed by atoms with Gasteiger partial charge >= 0.3 is 0 Å². The molecule has 2 atom stereocenters. The number of aryl methyl sites for hydroxylation is 1. The first-order chi connectivity index (χ1) is 11.2. The lowest BCUT2D eigenvalue weighted by Gasteiger charge is -2.35. The molecule has 1 aliphatic heterocycles. The van der Waals surface area contributed by atoms with Crippen molar-refractivity contribution < 1.29 is 9.26 Å². The Hall–Kier alpha value is -1.73. The molecule has 0 amide bonds. The highest BCUT2D eigenvalue weighted by molar-refractivity contribution is 5.05. The van der Waals surface area contributed by atoms with E-state index in [0.29, 0.717) is 5.92 Å². The van der Waals surface area contributed by atoms with Crippen LogP contribution < -0.4 is 0 Å². The van der Waals surface area contributed by atoms with Gasteiger partial charge in [-0.1, -0.05) is 5.16 Å². The van der Waals surface area contributed by atoms with Crippen molar-refractivity contribution in [3.8, 4) is 0 Å². The number of rotatable bonds is 5. The zero-order valence-electron chi connectivity index (χ0n) is 13.7. The van der Waals surface area contributed by atoms with E-state index in [1.807, 2.05) is 24.0 Å². The van der Waals surface area contributed by atoms with Crippen molar-refractivity contribution in [2.75, 3.05) is 19.7 Å².